The Bertz CT molecular complexity index is 527. The van der Waals surface area contributed by atoms with Gasteiger partial charge in [0, 0.05) is 17.8 Å². The molecule has 0 atom stereocenters. The van der Waals surface area contributed by atoms with Crippen LogP contribution in [0.4, 0.5) is 0 Å². The van der Waals surface area contributed by atoms with Gasteiger partial charge in [-0.2, -0.15) is 0 Å². The van der Waals surface area contributed by atoms with Gasteiger partial charge in [-0.05, 0) is 38.8 Å². The third kappa shape index (κ3) is 2.20. The van der Waals surface area contributed by atoms with E-state index in [9.17, 15) is 0 Å². The van der Waals surface area contributed by atoms with Crippen LogP contribution in [0, 0.1) is 0 Å². The first kappa shape index (κ1) is 11.5. The van der Waals surface area contributed by atoms with Crippen LogP contribution in [-0.4, -0.2) is 16.6 Å². The van der Waals surface area contributed by atoms with Gasteiger partial charge in [0.05, 0.1) is 24.8 Å². The number of nitrogens with zero attached hydrogens (tertiary/aromatic N) is 2. The molecule has 0 spiro atoms. The van der Waals surface area contributed by atoms with Crippen molar-refractivity contribution in [2.75, 3.05) is 7.05 Å². The highest BCUT2D eigenvalue weighted by molar-refractivity contribution is 5.19. The molecule has 3 rings (SSSR count). The van der Waals surface area contributed by atoms with E-state index in [1.165, 1.54) is 29.8 Å². The summed E-state index contributed by atoms with van der Waals surface area (Å²) in [4.78, 5) is 4.50. The zero-order valence-electron chi connectivity index (χ0n) is 10.8. The molecule has 0 radical (unpaired) electrons. The molecule has 0 fully saturated rings. The first-order valence-corrected chi connectivity index (χ1v) is 6.60. The number of aromatic nitrogens is 2. The fraction of sp³-hybridized carbons (Fsp3) is 0.500. The Morgan fingerprint density at radius 2 is 2.28 bits per heavy atom. The number of hydrogen-bond acceptors (Lipinski definition) is 3. The van der Waals surface area contributed by atoms with Crippen molar-refractivity contribution in [3.05, 3.63) is 41.4 Å². The molecule has 2 aromatic heterocycles. The van der Waals surface area contributed by atoms with E-state index in [-0.39, 0.29) is 0 Å². The molecule has 0 bridgehead atoms. The molecule has 0 unspecified atom stereocenters. The minimum atomic E-state index is 0.798. The van der Waals surface area contributed by atoms with E-state index < -0.39 is 0 Å². The largest absolute Gasteiger partial charge is 0.467 e. The molecule has 4 heteroatoms. The lowest BCUT2D eigenvalue weighted by Crippen LogP contribution is -2.08. The highest BCUT2D eigenvalue weighted by Crippen LogP contribution is 2.21. The Balaban J connectivity index is 1.77. The third-order valence-electron chi connectivity index (χ3n) is 3.53. The van der Waals surface area contributed by atoms with Gasteiger partial charge in [-0.15, -0.1) is 0 Å². The van der Waals surface area contributed by atoms with Gasteiger partial charge in [0.15, 0.2) is 0 Å². The molecule has 1 aliphatic rings. The zero-order valence-corrected chi connectivity index (χ0v) is 10.8. The quantitative estimate of drug-likeness (QED) is 0.897. The summed E-state index contributed by atoms with van der Waals surface area (Å²) in [7, 11) is 1.94. The normalized spacial score (nSPS) is 14.7. The third-order valence-corrected chi connectivity index (χ3v) is 3.53. The van der Waals surface area contributed by atoms with E-state index in [4.69, 9.17) is 4.42 Å². The Morgan fingerprint density at radius 3 is 3.17 bits per heavy atom. The molecule has 0 saturated carbocycles. The zero-order chi connectivity index (χ0) is 12.4. The number of furan rings is 1. The van der Waals surface area contributed by atoms with Crippen molar-refractivity contribution in [1.82, 2.24) is 14.9 Å². The van der Waals surface area contributed by atoms with Crippen LogP contribution >= 0.6 is 0 Å². The maximum Gasteiger partial charge on any atom is 0.123 e. The fourth-order valence-corrected chi connectivity index (χ4v) is 2.64. The maximum atomic E-state index is 5.59. The van der Waals surface area contributed by atoms with Gasteiger partial charge in [0.1, 0.15) is 5.76 Å². The average Bonchev–Trinajstić information content (AvgIpc) is 2.99. The minimum Gasteiger partial charge on any atom is -0.467 e. The number of rotatable bonds is 4. The van der Waals surface area contributed by atoms with Crippen LogP contribution < -0.4 is 5.32 Å². The lowest BCUT2D eigenvalue weighted by atomic mass is 10.0. The molecule has 2 aromatic rings. The first-order chi connectivity index (χ1) is 8.86. The molecule has 0 amide bonds. The number of nitrogens with one attached hydrogen (secondary N) is 1. The van der Waals surface area contributed by atoms with Gasteiger partial charge < -0.3 is 14.3 Å². The van der Waals surface area contributed by atoms with Crippen molar-refractivity contribution in [3.8, 4) is 0 Å². The number of aryl methyl sites for hydroxylation is 1. The van der Waals surface area contributed by atoms with E-state index >= 15 is 0 Å². The highest BCUT2D eigenvalue weighted by atomic mass is 16.3. The van der Waals surface area contributed by atoms with Crippen molar-refractivity contribution < 1.29 is 4.42 Å². The van der Waals surface area contributed by atoms with E-state index in [1.807, 2.05) is 19.6 Å². The van der Waals surface area contributed by atoms with Crippen LogP contribution in [0.5, 0.6) is 0 Å². The summed E-state index contributed by atoms with van der Waals surface area (Å²) in [6.07, 6.45) is 8.62. The predicted octanol–water partition coefficient (Wildman–Crippen LogP) is 2.12. The molecular formula is C14H19N3O. The molecule has 1 N–H and O–H groups in total. The van der Waals surface area contributed by atoms with Gasteiger partial charge in [-0.1, -0.05) is 0 Å². The SMILES string of the molecule is CNCc1coc(Cn2cnc3c2CCCC3)c1. The standard InChI is InChI=1S/C14H19N3O/c1-15-7-11-6-12(18-9-11)8-17-10-16-13-4-2-3-5-14(13)17/h6,9-10,15H,2-5,7-8H2,1H3. The number of hydrogen-bond donors (Lipinski definition) is 1. The maximum absolute atomic E-state index is 5.59. The van der Waals surface area contributed by atoms with Crippen LogP contribution in [0.25, 0.3) is 0 Å². The molecule has 0 aliphatic heterocycles. The van der Waals surface area contributed by atoms with Crippen LogP contribution in [0.3, 0.4) is 0 Å². The number of fused-ring (bicyclic) bond motifs is 1. The fourth-order valence-electron chi connectivity index (χ4n) is 2.64. The van der Waals surface area contributed by atoms with Crippen molar-refractivity contribution in [2.45, 2.75) is 38.8 Å². The lowest BCUT2D eigenvalue weighted by Gasteiger charge is -2.12. The van der Waals surface area contributed by atoms with Crippen LogP contribution in [0.15, 0.2) is 23.1 Å². The second kappa shape index (κ2) is 4.98. The summed E-state index contributed by atoms with van der Waals surface area (Å²) in [5.74, 6) is 1.01. The van der Waals surface area contributed by atoms with E-state index in [0.717, 1.165) is 31.7 Å². The summed E-state index contributed by atoms with van der Waals surface area (Å²) in [5, 5.41) is 3.13. The molecule has 1 aliphatic carbocycles. The van der Waals surface area contributed by atoms with Gasteiger partial charge in [-0.3, -0.25) is 0 Å². The topological polar surface area (TPSA) is 43.0 Å². The Hall–Kier alpha value is -1.55. The lowest BCUT2D eigenvalue weighted by molar-refractivity contribution is 0.484. The van der Waals surface area contributed by atoms with Gasteiger partial charge in [0.25, 0.3) is 0 Å². The van der Waals surface area contributed by atoms with E-state index in [2.05, 4.69) is 20.9 Å². The second-order valence-electron chi connectivity index (χ2n) is 4.92. The Kier molecular flexibility index (Phi) is 3.19. The van der Waals surface area contributed by atoms with Gasteiger partial charge >= 0.3 is 0 Å². The average molecular weight is 245 g/mol. The molecule has 2 heterocycles. The van der Waals surface area contributed by atoms with Crippen molar-refractivity contribution >= 4 is 0 Å². The van der Waals surface area contributed by atoms with Crippen LogP contribution in [0.2, 0.25) is 0 Å². The molecular weight excluding hydrogens is 226 g/mol. The summed E-state index contributed by atoms with van der Waals surface area (Å²) in [6.45, 7) is 1.65. The smallest absolute Gasteiger partial charge is 0.123 e. The minimum absolute atomic E-state index is 0.798. The van der Waals surface area contributed by atoms with Crippen molar-refractivity contribution in [3.63, 3.8) is 0 Å². The van der Waals surface area contributed by atoms with Crippen LogP contribution in [-0.2, 0) is 25.9 Å². The molecule has 96 valence electrons. The Labute approximate surface area is 107 Å². The monoisotopic (exact) mass is 245 g/mol. The summed E-state index contributed by atoms with van der Waals surface area (Å²) < 4.78 is 7.83. The van der Waals surface area contributed by atoms with Crippen molar-refractivity contribution in [2.24, 2.45) is 0 Å². The van der Waals surface area contributed by atoms with Gasteiger partial charge in [-0.25, -0.2) is 4.98 Å². The second-order valence-corrected chi connectivity index (χ2v) is 4.92. The van der Waals surface area contributed by atoms with E-state index in [1.54, 1.807) is 0 Å². The van der Waals surface area contributed by atoms with Gasteiger partial charge in [0.2, 0.25) is 0 Å². The molecule has 18 heavy (non-hydrogen) atoms. The summed E-state index contributed by atoms with van der Waals surface area (Å²) >= 11 is 0. The molecule has 4 nitrogen and oxygen atoms in total. The number of imidazole rings is 1. The first-order valence-electron chi connectivity index (χ1n) is 6.60. The molecule has 0 aromatic carbocycles. The Morgan fingerprint density at radius 1 is 1.39 bits per heavy atom. The van der Waals surface area contributed by atoms with Crippen molar-refractivity contribution in [1.29, 1.82) is 0 Å². The highest BCUT2D eigenvalue weighted by Gasteiger charge is 2.15. The molecule has 0 saturated heterocycles. The van der Waals surface area contributed by atoms with E-state index in [0.29, 0.717) is 0 Å². The summed E-state index contributed by atoms with van der Waals surface area (Å²) in [5.41, 5.74) is 3.87. The summed E-state index contributed by atoms with van der Waals surface area (Å²) in [6, 6.07) is 2.12. The van der Waals surface area contributed by atoms with Crippen LogP contribution in [0.1, 0.15) is 35.6 Å². The predicted molar refractivity (Wildman–Crippen MR) is 69.4 cm³/mol.